The fraction of sp³-hybridized carbons (Fsp3) is 0.550. The summed E-state index contributed by atoms with van der Waals surface area (Å²) in [6.45, 7) is 5.83. The van der Waals surface area contributed by atoms with Crippen LogP contribution in [0.4, 0.5) is 0 Å². The maximum Gasteiger partial charge on any atom is 0.0866 e. The van der Waals surface area contributed by atoms with E-state index in [4.69, 9.17) is 4.74 Å². The lowest BCUT2D eigenvalue weighted by molar-refractivity contribution is 0.0723. The number of nitrogens with zero attached hydrogens (tertiary/aromatic N) is 1. The van der Waals surface area contributed by atoms with Gasteiger partial charge in [0.05, 0.1) is 6.61 Å². The number of aromatic nitrogens is 2. The average molecular weight is 312 g/mol. The molecule has 3 rings (SSSR count). The first kappa shape index (κ1) is 16.3. The molecule has 1 saturated carbocycles. The Labute approximate surface area is 139 Å². The number of ether oxygens (including phenoxy) is 1. The molecule has 23 heavy (non-hydrogen) atoms. The lowest BCUT2D eigenvalue weighted by atomic mass is 9.90. The lowest BCUT2D eigenvalue weighted by Crippen LogP contribution is -2.13. The van der Waals surface area contributed by atoms with Crippen molar-refractivity contribution in [3.8, 4) is 11.1 Å². The molecule has 2 aromatic heterocycles. The zero-order valence-electron chi connectivity index (χ0n) is 14.4. The number of hydrogen-bond donors (Lipinski definition) is 1. The van der Waals surface area contributed by atoms with Crippen LogP contribution < -0.4 is 0 Å². The van der Waals surface area contributed by atoms with Gasteiger partial charge in [0, 0.05) is 41.5 Å². The van der Waals surface area contributed by atoms with E-state index in [1.165, 1.54) is 48.8 Å². The summed E-state index contributed by atoms with van der Waals surface area (Å²) >= 11 is 0. The minimum absolute atomic E-state index is 0.678. The summed E-state index contributed by atoms with van der Waals surface area (Å²) in [6.07, 6.45) is 11.8. The van der Waals surface area contributed by atoms with E-state index >= 15 is 0 Å². The summed E-state index contributed by atoms with van der Waals surface area (Å²) < 4.78 is 5.94. The van der Waals surface area contributed by atoms with Crippen molar-refractivity contribution in [3.63, 3.8) is 0 Å². The molecule has 0 unspecified atom stereocenters. The van der Waals surface area contributed by atoms with Gasteiger partial charge < -0.3 is 9.72 Å². The van der Waals surface area contributed by atoms with Crippen molar-refractivity contribution >= 4 is 0 Å². The second-order valence-electron chi connectivity index (χ2n) is 6.79. The molecular formula is C20H28N2O. The SMILES string of the molecule is CCc1ncc(C)cc1-c1c[nH]c(COCC2CCCCC2)c1. The van der Waals surface area contributed by atoms with Crippen LogP contribution in [-0.2, 0) is 17.8 Å². The Balaban J connectivity index is 1.60. The number of aromatic amines is 1. The Bertz CT molecular complexity index is 626. The average Bonchev–Trinajstić information content (AvgIpc) is 3.04. The van der Waals surface area contributed by atoms with Gasteiger partial charge in [-0.05, 0) is 49.8 Å². The van der Waals surface area contributed by atoms with Gasteiger partial charge in [-0.1, -0.05) is 26.2 Å². The van der Waals surface area contributed by atoms with Crippen LogP contribution in [0.3, 0.4) is 0 Å². The standard InChI is InChI=1S/C20H28N2O/c1-3-20-19(9-15(2)11-22-20)17-10-18(21-12-17)14-23-13-16-7-5-4-6-8-16/h9-12,16,21H,3-8,13-14H2,1-2H3. The van der Waals surface area contributed by atoms with Crippen LogP contribution >= 0.6 is 0 Å². The van der Waals surface area contributed by atoms with Crippen molar-refractivity contribution in [2.75, 3.05) is 6.61 Å². The summed E-state index contributed by atoms with van der Waals surface area (Å²) in [5.74, 6) is 0.769. The van der Waals surface area contributed by atoms with Gasteiger partial charge in [0.2, 0.25) is 0 Å². The van der Waals surface area contributed by atoms with Crippen molar-refractivity contribution in [2.24, 2.45) is 5.92 Å². The molecule has 0 amide bonds. The van der Waals surface area contributed by atoms with E-state index < -0.39 is 0 Å². The Kier molecular flexibility index (Phi) is 5.50. The van der Waals surface area contributed by atoms with E-state index in [-0.39, 0.29) is 0 Å². The molecule has 2 heterocycles. The molecule has 3 heteroatoms. The summed E-state index contributed by atoms with van der Waals surface area (Å²) in [7, 11) is 0. The molecule has 124 valence electrons. The first-order valence-electron chi connectivity index (χ1n) is 8.97. The first-order chi connectivity index (χ1) is 11.3. The fourth-order valence-electron chi connectivity index (χ4n) is 3.50. The van der Waals surface area contributed by atoms with Gasteiger partial charge in [0.25, 0.3) is 0 Å². The minimum Gasteiger partial charge on any atom is -0.375 e. The number of hydrogen-bond acceptors (Lipinski definition) is 2. The van der Waals surface area contributed by atoms with Crippen molar-refractivity contribution in [1.29, 1.82) is 0 Å². The van der Waals surface area contributed by atoms with Gasteiger partial charge in [0.15, 0.2) is 0 Å². The molecule has 1 aliphatic carbocycles. The first-order valence-corrected chi connectivity index (χ1v) is 8.97. The fourth-order valence-corrected chi connectivity index (χ4v) is 3.50. The zero-order valence-corrected chi connectivity index (χ0v) is 14.4. The van der Waals surface area contributed by atoms with Crippen LogP contribution in [0.2, 0.25) is 0 Å². The summed E-state index contributed by atoms with van der Waals surface area (Å²) in [5.41, 5.74) is 5.97. The molecule has 0 spiro atoms. The highest BCUT2D eigenvalue weighted by molar-refractivity contribution is 5.66. The Morgan fingerprint density at radius 1 is 1.22 bits per heavy atom. The number of aryl methyl sites for hydroxylation is 2. The van der Waals surface area contributed by atoms with Gasteiger partial charge >= 0.3 is 0 Å². The van der Waals surface area contributed by atoms with Crippen LogP contribution in [0, 0.1) is 12.8 Å². The van der Waals surface area contributed by atoms with Crippen LogP contribution in [0.15, 0.2) is 24.5 Å². The van der Waals surface area contributed by atoms with E-state index in [0.29, 0.717) is 6.61 Å². The summed E-state index contributed by atoms with van der Waals surface area (Å²) in [6, 6.07) is 4.43. The highest BCUT2D eigenvalue weighted by atomic mass is 16.5. The zero-order chi connectivity index (χ0) is 16.1. The highest BCUT2D eigenvalue weighted by Gasteiger charge is 2.14. The molecule has 0 radical (unpaired) electrons. The maximum atomic E-state index is 5.94. The van der Waals surface area contributed by atoms with Gasteiger partial charge in [0.1, 0.15) is 0 Å². The van der Waals surface area contributed by atoms with Crippen LogP contribution in [-0.4, -0.2) is 16.6 Å². The minimum atomic E-state index is 0.678. The third kappa shape index (κ3) is 4.23. The molecule has 1 fully saturated rings. The van der Waals surface area contributed by atoms with Crippen molar-refractivity contribution < 1.29 is 4.74 Å². The molecule has 1 N–H and O–H groups in total. The van der Waals surface area contributed by atoms with Crippen LogP contribution in [0.5, 0.6) is 0 Å². The molecule has 0 saturated heterocycles. The third-order valence-electron chi connectivity index (χ3n) is 4.83. The summed E-state index contributed by atoms with van der Waals surface area (Å²) in [5, 5.41) is 0. The Hall–Kier alpha value is -1.61. The molecule has 0 bridgehead atoms. The van der Waals surface area contributed by atoms with Crippen molar-refractivity contribution in [2.45, 2.75) is 59.0 Å². The van der Waals surface area contributed by atoms with Crippen LogP contribution in [0.25, 0.3) is 11.1 Å². The monoisotopic (exact) mass is 312 g/mol. The largest absolute Gasteiger partial charge is 0.375 e. The number of pyridine rings is 1. The van der Waals surface area contributed by atoms with Gasteiger partial charge in [-0.15, -0.1) is 0 Å². The molecule has 0 aliphatic heterocycles. The molecule has 0 aromatic carbocycles. The van der Waals surface area contributed by atoms with E-state index in [1.54, 1.807) is 0 Å². The second-order valence-corrected chi connectivity index (χ2v) is 6.79. The molecule has 2 aromatic rings. The van der Waals surface area contributed by atoms with Crippen LogP contribution in [0.1, 0.15) is 56.0 Å². The highest BCUT2D eigenvalue weighted by Crippen LogP contribution is 2.26. The van der Waals surface area contributed by atoms with Gasteiger partial charge in [-0.25, -0.2) is 0 Å². The topological polar surface area (TPSA) is 37.9 Å². The smallest absolute Gasteiger partial charge is 0.0866 e. The molecular weight excluding hydrogens is 284 g/mol. The number of rotatable bonds is 6. The Morgan fingerprint density at radius 2 is 2.04 bits per heavy atom. The van der Waals surface area contributed by atoms with Crippen molar-refractivity contribution in [3.05, 3.63) is 41.5 Å². The van der Waals surface area contributed by atoms with E-state index in [9.17, 15) is 0 Å². The number of H-pyrrole nitrogens is 1. The quantitative estimate of drug-likeness (QED) is 0.811. The number of nitrogens with one attached hydrogen (secondary N) is 1. The summed E-state index contributed by atoms with van der Waals surface area (Å²) in [4.78, 5) is 7.92. The lowest BCUT2D eigenvalue weighted by Gasteiger charge is -2.21. The Morgan fingerprint density at radius 3 is 2.83 bits per heavy atom. The van der Waals surface area contributed by atoms with E-state index in [2.05, 4.69) is 42.1 Å². The molecule has 0 atom stereocenters. The second kappa shape index (κ2) is 7.78. The van der Waals surface area contributed by atoms with E-state index in [1.807, 2.05) is 6.20 Å². The molecule has 3 nitrogen and oxygen atoms in total. The van der Waals surface area contributed by atoms with Gasteiger partial charge in [-0.3, -0.25) is 4.98 Å². The predicted octanol–water partition coefficient (Wildman–Crippen LogP) is 5.04. The van der Waals surface area contributed by atoms with Crippen molar-refractivity contribution in [1.82, 2.24) is 9.97 Å². The predicted molar refractivity (Wildman–Crippen MR) is 94.4 cm³/mol. The third-order valence-corrected chi connectivity index (χ3v) is 4.83. The maximum absolute atomic E-state index is 5.94. The molecule has 1 aliphatic rings. The van der Waals surface area contributed by atoms with E-state index in [0.717, 1.165) is 30.3 Å². The van der Waals surface area contributed by atoms with Gasteiger partial charge in [-0.2, -0.15) is 0 Å². The normalized spacial score (nSPS) is 15.9.